The minimum atomic E-state index is 0.809. The smallest absolute Gasteiger partial charge is 0.0267 e. The van der Waals surface area contributed by atoms with Gasteiger partial charge in [-0.1, -0.05) is 0 Å². The highest BCUT2D eigenvalue weighted by atomic mass is 35.5. The number of halogens is 1. The molecular formula is C8H14ClN. The summed E-state index contributed by atoms with van der Waals surface area (Å²) in [4.78, 5) is 2.60. The van der Waals surface area contributed by atoms with Gasteiger partial charge in [0.15, 0.2) is 0 Å². The second kappa shape index (κ2) is 2.71. The van der Waals surface area contributed by atoms with Crippen molar-refractivity contribution in [2.24, 2.45) is 5.92 Å². The van der Waals surface area contributed by atoms with Crippen LogP contribution in [0.3, 0.4) is 0 Å². The number of nitrogens with zero attached hydrogens (tertiary/aromatic N) is 1. The van der Waals surface area contributed by atoms with Gasteiger partial charge in [0.25, 0.3) is 0 Å². The van der Waals surface area contributed by atoms with E-state index in [1.807, 2.05) is 0 Å². The first-order valence-corrected chi connectivity index (χ1v) is 4.75. The standard InChI is InChI=1S/C8H14ClN/c9-6-7-3-5-10-4-1-2-8(7)10/h7-8H,1-6H2/t7-,8-/m1/s1. The largest absolute Gasteiger partial charge is 0.300 e. The van der Waals surface area contributed by atoms with Crippen molar-refractivity contribution in [2.45, 2.75) is 25.3 Å². The van der Waals surface area contributed by atoms with Crippen LogP contribution in [0.1, 0.15) is 19.3 Å². The van der Waals surface area contributed by atoms with Gasteiger partial charge in [-0.3, -0.25) is 0 Å². The zero-order valence-electron chi connectivity index (χ0n) is 6.22. The molecule has 0 N–H and O–H groups in total. The summed E-state index contributed by atoms with van der Waals surface area (Å²) < 4.78 is 0. The molecule has 2 rings (SSSR count). The molecule has 2 aliphatic heterocycles. The molecule has 0 aromatic heterocycles. The third kappa shape index (κ3) is 0.960. The second-order valence-corrected chi connectivity index (χ2v) is 3.76. The van der Waals surface area contributed by atoms with Crippen LogP contribution >= 0.6 is 11.6 Å². The molecule has 2 fully saturated rings. The van der Waals surface area contributed by atoms with Gasteiger partial charge in [-0.2, -0.15) is 0 Å². The number of fused-ring (bicyclic) bond motifs is 1. The van der Waals surface area contributed by atoms with Crippen molar-refractivity contribution in [2.75, 3.05) is 19.0 Å². The fourth-order valence-corrected chi connectivity index (χ4v) is 2.73. The lowest BCUT2D eigenvalue weighted by Crippen LogP contribution is -2.26. The van der Waals surface area contributed by atoms with E-state index in [9.17, 15) is 0 Å². The first kappa shape index (κ1) is 6.93. The lowest BCUT2D eigenvalue weighted by molar-refractivity contribution is 0.300. The normalized spacial score (nSPS) is 40.5. The van der Waals surface area contributed by atoms with Gasteiger partial charge in [-0.05, 0) is 38.3 Å². The predicted octanol–water partition coefficient (Wildman–Crippen LogP) is 1.71. The number of alkyl halides is 1. The van der Waals surface area contributed by atoms with Crippen molar-refractivity contribution in [1.29, 1.82) is 0 Å². The van der Waals surface area contributed by atoms with Crippen LogP contribution in [0.2, 0.25) is 0 Å². The summed E-state index contributed by atoms with van der Waals surface area (Å²) in [6, 6.07) is 0.859. The van der Waals surface area contributed by atoms with E-state index in [-0.39, 0.29) is 0 Å². The number of hydrogen-bond acceptors (Lipinski definition) is 1. The average Bonchev–Trinajstić information content (AvgIpc) is 2.44. The van der Waals surface area contributed by atoms with E-state index in [1.165, 1.54) is 32.4 Å². The minimum Gasteiger partial charge on any atom is -0.300 e. The third-order valence-electron chi connectivity index (χ3n) is 2.94. The zero-order valence-corrected chi connectivity index (χ0v) is 6.98. The van der Waals surface area contributed by atoms with Crippen molar-refractivity contribution in [3.05, 3.63) is 0 Å². The highest BCUT2D eigenvalue weighted by Crippen LogP contribution is 2.32. The molecule has 0 spiro atoms. The fourth-order valence-electron chi connectivity index (χ4n) is 2.37. The molecule has 2 aliphatic rings. The summed E-state index contributed by atoms with van der Waals surface area (Å²) in [7, 11) is 0. The lowest BCUT2D eigenvalue weighted by atomic mass is 10.0. The predicted molar refractivity (Wildman–Crippen MR) is 43.4 cm³/mol. The van der Waals surface area contributed by atoms with Crippen LogP contribution in [-0.4, -0.2) is 29.9 Å². The molecule has 0 aliphatic carbocycles. The Labute approximate surface area is 67.3 Å². The third-order valence-corrected chi connectivity index (χ3v) is 3.34. The van der Waals surface area contributed by atoms with E-state index in [2.05, 4.69) is 4.90 Å². The summed E-state index contributed by atoms with van der Waals surface area (Å²) in [6.07, 6.45) is 4.14. The zero-order chi connectivity index (χ0) is 6.97. The van der Waals surface area contributed by atoms with Gasteiger partial charge in [0.1, 0.15) is 0 Å². The van der Waals surface area contributed by atoms with Gasteiger partial charge in [0.05, 0.1) is 0 Å². The van der Waals surface area contributed by atoms with E-state index >= 15 is 0 Å². The maximum Gasteiger partial charge on any atom is 0.0267 e. The molecule has 0 bridgehead atoms. The van der Waals surface area contributed by atoms with Crippen LogP contribution in [0, 0.1) is 5.92 Å². The Hall–Kier alpha value is 0.250. The molecule has 2 heteroatoms. The average molecular weight is 160 g/mol. The maximum absolute atomic E-state index is 5.85. The minimum absolute atomic E-state index is 0.809. The SMILES string of the molecule is ClC[C@H]1CCN2CCC[C@H]12. The van der Waals surface area contributed by atoms with Crippen molar-refractivity contribution in [1.82, 2.24) is 4.90 Å². The molecule has 0 unspecified atom stereocenters. The first-order chi connectivity index (χ1) is 4.92. The Morgan fingerprint density at radius 1 is 1.30 bits per heavy atom. The summed E-state index contributed by atoms with van der Waals surface area (Å²) in [6.45, 7) is 2.64. The van der Waals surface area contributed by atoms with Crippen LogP contribution in [0.15, 0.2) is 0 Å². The van der Waals surface area contributed by atoms with Crippen LogP contribution in [-0.2, 0) is 0 Å². The van der Waals surface area contributed by atoms with Crippen LogP contribution in [0.4, 0.5) is 0 Å². The molecule has 0 aromatic carbocycles. The van der Waals surface area contributed by atoms with E-state index in [1.54, 1.807) is 0 Å². The lowest BCUT2D eigenvalue weighted by Gasteiger charge is -2.17. The molecule has 2 heterocycles. The Morgan fingerprint density at radius 3 is 3.00 bits per heavy atom. The fraction of sp³-hybridized carbons (Fsp3) is 1.00. The summed E-state index contributed by atoms with van der Waals surface area (Å²) in [5.74, 6) is 1.69. The van der Waals surface area contributed by atoms with Crippen molar-refractivity contribution < 1.29 is 0 Å². The van der Waals surface area contributed by atoms with Crippen LogP contribution in [0.5, 0.6) is 0 Å². The molecule has 1 nitrogen and oxygen atoms in total. The maximum atomic E-state index is 5.85. The number of rotatable bonds is 1. The Morgan fingerprint density at radius 2 is 2.20 bits per heavy atom. The topological polar surface area (TPSA) is 3.24 Å². The van der Waals surface area contributed by atoms with Crippen LogP contribution < -0.4 is 0 Å². The van der Waals surface area contributed by atoms with Crippen molar-refractivity contribution >= 4 is 11.6 Å². The van der Waals surface area contributed by atoms with E-state index in [0.717, 1.165) is 17.8 Å². The molecule has 0 amide bonds. The van der Waals surface area contributed by atoms with Gasteiger partial charge >= 0.3 is 0 Å². The van der Waals surface area contributed by atoms with Gasteiger partial charge in [-0.15, -0.1) is 11.6 Å². The van der Waals surface area contributed by atoms with Crippen molar-refractivity contribution in [3.8, 4) is 0 Å². The summed E-state index contributed by atoms with van der Waals surface area (Å²) in [5.41, 5.74) is 0. The molecule has 0 radical (unpaired) electrons. The van der Waals surface area contributed by atoms with Gasteiger partial charge in [-0.25, -0.2) is 0 Å². The highest BCUT2D eigenvalue weighted by Gasteiger charge is 2.36. The Kier molecular flexibility index (Phi) is 1.88. The molecule has 2 atom stereocenters. The molecule has 0 aromatic rings. The Balaban J connectivity index is 2.01. The van der Waals surface area contributed by atoms with Gasteiger partial charge in [0.2, 0.25) is 0 Å². The number of hydrogen-bond donors (Lipinski definition) is 0. The van der Waals surface area contributed by atoms with E-state index in [4.69, 9.17) is 11.6 Å². The molecule has 58 valence electrons. The molecule has 10 heavy (non-hydrogen) atoms. The van der Waals surface area contributed by atoms with Gasteiger partial charge in [0, 0.05) is 11.9 Å². The van der Waals surface area contributed by atoms with E-state index < -0.39 is 0 Å². The molecule has 0 saturated carbocycles. The Bertz CT molecular complexity index is 126. The van der Waals surface area contributed by atoms with Crippen LogP contribution in [0.25, 0.3) is 0 Å². The monoisotopic (exact) mass is 159 g/mol. The summed E-state index contributed by atoms with van der Waals surface area (Å²) in [5, 5.41) is 0. The quantitative estimate of drug-likeness (QED) is 0.527. The molecular weight excluding hydrogens is 146 g/mol. The second-order valence-electron chi connectivity index (χ2n) is 3.45. The molecule has 2 saturated heterocycles. The highest BCUT2D eigenvalue weighted by molar-refractivity contribution is 6.18. The summed E-state index contributed by atoms with van der Waals surface area (Å²) >= 11 is 5.85. The van der Waals surface area contributed by atoms with E-state index in [0.29, 0.717) is 0 Å². The first-order valence-electron chi connectivity index (χ1n) is 4.22. The van der Waals surface area contributed by atoms with Crippen molar-refractivity contribution in [3.63, 3.8) is 0 Å². The van der Waals surface area contributed by atoms with Gasteiger partial charge < -0.3 is 4.90 Å².